The van der Waals surface area contributed by atoms with Gasteiger partial charge in [-0.1, -0.05) is 11.2 Å². The van der Waals surface area contributed by atoms with Gasteiger partial charge >= 0.3 is 0 Å². The summed E-state index contributed by atoms with van der Waals surface area (Å²) < 4.78 is 21.4. The zero-order valence-corrected chi connectivity index (χ0v) is 17.1. The summed E-state index contributed by atoms with van der Waals surface area (Å²) in [6.07, 6.45) is 1.64. The van der Waals surface area contributed by atoms with Crippen molar-refractivity contribution in [3.8, 4) is 28.6 Å². The summed E-state index contributed by atoms with van der Waals surface area (Å²) in [6.45, 7) is 0.634. The van der Waals surface area contributed by atoms with E-state index in [2.05, 4.69) is 10.1 Å². The Morgan fingerprint density at radius 1 is 1.07 bits per heavy atom. The molecule has 2 aromatic carbocycles. The van der Waals surface area contributed by atoms with E-state index in [0.717, 1.165) is 18.4 Å². The van der Waals surface area contributed by atoms with Gasteiger partial charge in [0.25, 0.3) is 5.91 Å². The van der Waals surface area contributed by atoms with Crippen molar-refractivity contribution >= 4 is 5.91 Å². The molecule has 4 rings (SSSR count). The van der Waals surface area contributed by atoms with E-state index in [9.17, 15) is 4.79 Å². The molecule has 0 aliphatic carbocycles. The minimum atomic E-state index is -0.259. The quantitative estimate of drug-likeness (QED) is 0.613. The summed E-state index contributed by atoms with van der Waals surface area (Å²) in [5.41, 5.74) is 1.31. The van der Waals surface area contributed by atoms with Crippen LogP contribution in [0, 0.1) is 0 Å². The monoisotopic (exact) mass is 409 g/mol. The Bertz CT molecular complexity index is 1050. The highest BCUT2D eigenvalue weighted by molar-refractivity contribution is 5.95. The number of carbonyl (C=O) groups is 1. The first-order valence-corrected chi connectivity index (χ1v) is 9.65. The molecule has 1 fully saturated rings. The third-order valence-electron chi connectivity index (χ3n) is 5.20. The Hall–Kier alpha value is -3.55. The number of aromatic nitrogens is 2. The smallest absolute Gasteiger partial charge is 0.254 e. The van der Waals surface area contributed by atoms with Gasteiger partial charge in [0.15, 0.2) is 11.5 Å². The van der Waals surface area contributed by atoms with Crippen LogP contribution in [0.5, 0.6) is 17.2 Å². The number of ether oxygens (including phenoxy) is 3. The lowest BCUT2D eigenvalue weighted by atomic mass is 10.1. The Morgan fingerprint density at radius 3 is 2.67 bits per heavy atom. The first-order valence-electron chi connectivity index (χ1n) is 9.65. The summed E-state index contributed by atoms with van der Waals surface area (Å²) >= 11 is 0. The number of nitrogens with zero attached hydrogens (tertiary/aromatic N) is 3. The van der Waals surface area contributed by atoms with Gasteiger partial charge in [-0.25, -0.2) is 0 Å². The van der Waals surface area contributed by atoms with Crippen LogP contribution in [-0.2, 0) is 0 Å². The first kappa shape index (κ1) is 19.8. The Kier molecular flexibility index (Phi) is 5.56. The first-order chi connectivity index (χ1) is 14.6. The van der Waals surface area contributed by atoms with Crippen LogP contribution in [0.2, 0.25) is 0 Å². The van der Waals surface area contributed by atoms with E-state index in [1.807, 2.05) is 12.1 Å². The van der Waals surface area contributed by atoms with Crippen molar-refractivity contribution in [2.75, 3.05) is 27.9 Å². The molecule has 1 aliphatic rings. The van der Waals surface area contributed by atoms with Crippen LogP contribution in [0.15, 0.2) is 47.0 Å². The Labute approximate surface area is 174 Å². The van der Waals surface area contributed by atoms with E-state index < -0.39 is 0 Å². The van der Waals surface area contributed by atoms with Gasteiger partial charge < -0.3 is 23.6 Å². The molecule has 0 bridgehead atoms. The predicted molar refractivity (Wildman–Crippen MR) is 109 cm³/mol. The maximum absolute atomic E-state index is 13.1. The van der Waals surface area contributed by atoms with Crippen LogP contribution < -0.4 is 14.2 Å². The minimum absolute atomic E-state index is 0.0812. The zero-order valence-electron chi connectivity index (χ0n) is 17.1. The molecule has 8 heteroatoms. The van der Waals surface area contributed by atoms with Gasteiger partial charge in [-0.3, -0.25) is 4.79 Å². The average Bonchev–Trinajstić information content (AvgIpc) is 3.47. The van der Waals surface area contributed by atoms with E-state index in [-0.39, 0.29) is 11.9 Å². The molecule has 30 heavy (non-hydrogen) atoms. The fourth-order valence-corrected chi connectivity index (χ4v) is 3.65. The van der Waals surface area contributed by atoms with Gasteiger partial charge in [0.2, 0.25) is 11.7 Å². The average molecular weight is 409 g/mol. The summed E-state index contributed by atoms with van der Waals surface area (Å²) in [7, 11) is 4.73. The van der Waals surface area contributed by atoms with E-state index in [1.165, 1.54) is 0 Å². The second-order valence-corrected chi connectivity index (χ2v) is 6.91. The maximum atomic E-state index is 13.1. The highest BCUT2D eigenvalue weighted by Gasteiger charge is 2.34. The lowest BCUT2D eigenvalue weighted by Gasteiger charge is -2.22. The molecule has 0 unspecified atom stereocenters. The standard InChI is InChI=1S/C22H23N3O5/c1-27-16-7-4-6-15(12-16)22(26)25-11-5-8-17(25)21-23-20(24-30-21)14-9-10-18(28-2)19(13-14)29-3/h4,6-7,9-10,12-13,17H,5,8,11H2,1-3H3/t17-/m1/s1. The number of carbonyl (C=O) groups excluding carboxylic acids is 1. The number of hydrogen-bond acceptors (Lipinski definition) is 7. The van der Waals surface area contributed by atoms with Crippen LogP contribution >= 0.6 is 0 Å². The highest BCUT2D eigenvalue weighted by atomic mass is 16.5. The second-order valence-electron chi connectivity index (χ2n) is 6.91. The molecular weight excluding hydrogens is 386 g/mol. The van der Waals surface area contributed by atoms with Crippen LogP contribution in [0.1, 0.15) is 35.1 Å². The van der Waals surface area contributed by atoms with Crippen LogP contribution in [0.25, 0.3) is 11.4 Å². The SMILES string of the molecule is COc1cccc(C(=O)N2CCC[C@@H]2c2nc(-c3ccc(OC)c(OC)c3)no2)c1. The van der Waals surface area contributed by atoms with Crippen molar-refractivity contribution in [3.63, 3.8) is 0 Å². The molecule has 2 heterocycles. The summed E-state index contributed by atoms with van der Waals surface area (Å²) in [5, 5.41) is 4.12. The van der Waals surface area contributed by atoms with Crippen molar-refractivity contribution in [1.29, 1.82) is 0 Å². The Morgan fingerprint density at radius 2 is 1.90 bits per heavy atom. The molecule has 0 spiro atoms. The molecule has 1 atom stereocenters. The molecule has 0 saturated carbocycles. The summed E-state index contributed by atoms with van der Waals surface area (Å²) in [6, 6.07) is 12.3. The molecule has 3 aromatic rings. The fourth-order valence-electron chi connectivity index (χ4n) is 3.65. The molecule has 156 valence electrons. The molecule has 1 saturated heterocycles. The molecule has 1 aliphatic heterocycles. The number of benzene rings is 2. The van der Waals surface area contributed by atoms with Gasteiger partial charge in [0, 0.05) is 17.7 Å². The maximum Gasteiger partial charge on any atom is 0.254 e. The van der Waals surface area contributed by atoms with E-state index >= 15 is 0 Å². The van der Waals surface area contributed by atoms with Crippen molar-refractivity contribution in [3.05, 3.63) is 53.9 Å². The van der Waals surface area contributed by atoms with Crippen LogP contribution in [0.4, 0.5) is 0 Å². The summed E-state index contributed by atoms with van der Waals surface area (Å²) in [4.78, 5) is 19.4. The zero-order chi connectivity index (χ0) is 21.1. The van der Waals surface area contributed by atoms with Crippen molar-refractivity contribution < 1.29 is 23.5 Å². The molecule has 8 nitrogen and oxygen atoms in total. The van der Waals surface area contributed by atoms with Gasteiger partial charge in [0.1, 0.15) is 11.8 Å². The molecule has 0 N–H and O–H groups in total. The topological polar surface area (TPSA) is 86.9 Å². The summed E-state index contributed by atoms with van der Waals surface area (Å²) in [5.74, 6) is 2.63. The number of hydrogen-bond donors (Lipinski definition) is 0. The second kappa shape index (κ2) is 8.44. The number of methoxy groups -OCH3 is 3. The highest BCUT2D eigenvalue weighted by Crippen LogP contribution is 2.35. The van der Waals surface area contributed by atoms with Crippen molar-refractivity contribution in [2.45, 2.75) is 18.9 Å². The third kappa shape index (κ3) is 3.68. The van der Waals surface area contributed by atoms with E-state index in [1.54, 1.807) is 56.6 Å². The molecular formula is C22H23N3O5. The Balaban J connectivity index is 1.58. The molecule has 1 amide bonds. The van der Waals surface area contributed by atoms with Gasteiger partial charge in [-0.2, -0.15) is 4.98 Å². The van der Waals surface area contributed by atoms with Crippen LogP contribution in [-0.4, -0.2) is 48.8 Å². The largest absolute Gasteiger partial charge is 0.497 e. The number of likely N-dealkylation sites (tertiary alicyclic amines) is 1. The van der Waals surface area contributed by atoms with Gasteiger partial charge in [-0.15, -0.1) is 0 Å². The van der Waals surface area contributed by atoms with Crippen molar-refractivity contribution in [2.24, 2.45) is 0 Å². The third-order valence-corrected chi connectivity index (χ3v) is 5.20. The predicted octanol–water partition coefficient (Wildman–Crippen LogP) is 3.74. The molecule has 1 aromatic heterocycles. The number of rotatable bonds is 6. The van der Waals surface area contributed by atoms with Gasteiger partial charge in [0.05, 0.1) is 21.3 Å². The lowest BCUT2D eigenvalue weighted by molar-refractivity contribution is 0.0709. The van der Waals surface area contributed by atoms with E-state index in [0.29, 0.717) is 41.1 Å². The fraction of sp³-hybridized carbons (Fsp3) is 0.318. The lowest BCUT2D eigenvalue weighted by Crippen LogP contribution is -2.30. The van der Waals surface area contributed by atoms with Crippen molar-refractivity contribution in [1.82, 2.24) is 15.0 Å². The van der Waals surface area contributed by atoms with Crippen LogP contribution in [0.3, 0.4) is 0 Å². The normalized spacial score (nSPS) is 15.8. The minimum Gasteiger partial charge on any atom is -0.497 e. The van der Waals surface area contributed by atoms with Gasteiger partial charge in [-0.05, 0) is 49.2 Å². The van der Waals surface area contributed by atoms with E-state index in [4.69, 9.17) is 18.7 Å². The number of amides is 1. The molecule has 0 radical (unpaired) electrons.